The third-order valence-electron chi connectivity index (χ3n) is 7.32. The second-order valence-corrected chi connectivity index (χ2v) is 13.0. The minimum absolute atomic E-state index is 0.0813. The molecular weight excluding hydrogens is 579 g/mol. The molecule has 5 rings (SSSR count). The van der Waals surface area contributed by atoms with Crippen LogP contribution in [0.5, 0.6) is 0 Å². The van der Waals surface area contributed by atoms with E-state index in [0.717, 1.165) is 43.0 Å². The first-order valence-electron chi connectivity index (χ1n) is 13.6. The molecule has 41 heavy (non-hydrogen) atoms. The molecule has 11 heteroatoms. The van der Waals surface area contributed by atoms with Crippen molar-refractivity contribution in [2.75, 3.05) is 59.9 Å². The van der Waals surface area contributed by atoms with Crippen LogP contribution in [0.25, 0.3) is 0 Å². The molecule has 2 aliphatic rings. The van der Waals surface area contributed by atoms with E-state index in [9.17, 15) is 8.42 Å². The molecule has 1 unspecified atom stereocenters. The van der Waals surface area contributed by atoms with Gasteiger partial charge in [0.2, 0.25) is 5.96 Å². The third kappa shape index (κ3) is 7.28. The maximum absolute atomic E-state index is 13.6. The molecule has 0 amide bonds. The van der Waals surface area contributed by atoms with Crippen molar-refractivity contribution in [2.24, 2.45) is 9.50 Å². The highest BCUT2D eigenvalue weighted by molar-refractivity contribution is 7.90. The average molecular weight is 614 g/mol. The van der Waals surface area contributed by atoms with Gasteiger partial charge in [0.1, 0.15) is 0 Å². The lowest BCUT2D eigenvalue weighted by molar-refractivity contribution is 0.159. The van der Waals surface area contributed by atoms with E-state index in [2.05, 4.69) is 40.4 Å². The first kappa shape index (κ1) is 29.5. The molecule has 3 aromatic carbocycles. The van der Waals surface area contributed by atoms with E-state index in [0.29, 0.717) is 35.6 Å². The Balaban J connectivity index is 1.52. The summed E-state index contributed by atoms with van der Waals surface area (Å²) in [5.41, 5.74) is 2.87. The summed E-state index contributed by atoms with van der Waals surface area (Å²) in [6.07, 6.45) is 0. The molecule has 0 aliphatic carbocycles. The Labute approximate surface area is 252 Å². The van der Waals surface area contributed by atoms with Crippen molar-refractivity contribution in [1.29, 1.82) is 0 Å². The summed E-state index contributed by atoms with van der Waals surface area (Å²) < 4.78 is 31.6. The quantitative estimate of drug-likeness (QED) is 0.284. The molecule has 0 aromatic heterocycles. The van der Waals surface area contributed by atoms with E-state index in [1.807, 2.05) is 47.4 Å². The third-order valence-corrected chi connectivity index (χ3v) is 9.09. The molecule has 0 saturated carbocycles. The van der Waals surface area contributed by atoms with E-state index < -0.39 is 10.0 Å². The van der Waals surface area contributed by atoms with Crippen molar-refractivity contribution in [3.8, 4) is 0 Å². The standard InChI is InChI=1S/C30H34Cl2N6O2S/c1-35(2)16-17-36-18-20-37(21-19-36)30(34-41(39,40)27-14-12-26(32)13-15-27)38-22-28(23-6-4-3-5-7-23)29(33-38)24-8-10-25(31)11-9-24/h3-15,28H,16-22H2,1-2H3/b34-30+. The minimum Gasteiger partial charge on any atom is -0.338 e. The molecule has 1 atom stereocenters. The summed E-state index contributed by atoms with van der Waals surface area (Å²) in [5.74, 6) is 0.249. The number of likely N-dealkylation sites (N-methyl/N-ethyl adjacent to an activating group) is 1. The van der Waals surface area contributed by atoms with Crippen LogP contribution in [0.1, 0.15) is 17.0 Å². The predicted octanol–water partition coefficient (Wildman–Crippen LogP) is 4.72. The molecule has 0 bridgehead atoms. The molecule has 216 valence electrons. The van der Waals surface area contributed by atoms with Gasteiger partial charge in [-0.25, -0.2) is 5.01 Å². The summed E-state index contributed by atoms with van der Waals surface area (Å²) in [5, 5.41) is 7.88. The second-order valence-electron chi connectivity index (χ2n) is 10.5. The molecule has 2 heterocycles. The van der Waals surface area contributed by atoms with Crippen LogP contribution in [0.2, 0.25) is 10.0 Å². The van der Waals surface area contributed by atoms with Gasteiger partial charge in [-0.1, -0.05) is 65.7 Å². The maximum Gasteiger partial charge on any atom is 0.285 e. The van der Waals surface area contributed by atoms with E-state index in [-0.39, 0.29) is 10.8 Å². The van der Waals surface area contributed by atoms with Crippen LogP contribution in [-0.4, -0.2) is 99.7 Å². The number of hydrogen-bond acceptors (Lipinski definition) is 5. The van der Waals surface area contributed by atoms with E-state index in [4.69, 9.17) is 28.3 Å². The van der Waals surface area contributed by atoms with Gasteiger partial charge >= 0.3 is 0 Å². The van der Waals surface area contributed by atoms with Gasteiger partial charge in [0, 0.05) is 55.2 Å². The number of benzene rings is 3. The Morgan fingerprint density at radius 2 is 1.51 bits per heavy atom. The van der Waals surface area contributed by atoms with Crippen LogP contribution in [0, 0.1) is 0 Å². The fraction of sp³-hybridized carbons (Fsp3) is 0.333. The highest BCUT2D eigenvalue weighted by Crippen LogP contribution is 2.31. The Bertz CT molecular complexity index is 1490. The summed E-state index contributed by atoms with van der Waals surface area (Å²) in [6, 6.07) is 23.8. The SMILES string of the molecule is CN(C)CCN1CCN(/C(=N\S(=O)(=O)c2ccc(Cl)cc2)N2CC(c3ccccc3)C(c3ccc(Cl)cc3)=N2)CC1. The molecule has 0 radical (unpaired) electrons. The predicted molar refractivity (Wildman–Crippen MR) is 167 cm³/mol. The van der Waals surface area contributed by atoms with E-state index in [1.54, 1.807) is 17.1 Å². The van der Waals surface area contributed by atoms with Crippen molar-refractivity contribution in [3.05, 3.63) is 100 Å². The summed E-state index contributed by atoms with van der Waals surface area (Å²) in [7, 11) is 0.101. The van der Waals surface area contributed by atoms with Gasteiger partial charge < -0.3 is 9.80 Å². The number of hydrogen-bond donors (Lipinski definition) is 0. The Morgan fingerprint density at radius 3 is 2.12 bits per heavy atom. The van der Waals surface area contributed by atoms with Crippen LogP contribution < -0.4 is 0 Å². The molecular formula is C30H34Cl2N6O2S. The molecule has 1 saturated heterocycles. The molecule has 0 N–H and O–H groups in total. The van der Waals surface area contributed by atoms with Crippen molar-refractivity contribution >= 4 is 44.9 Å². The molecule has 0 spiro atoms. The Hall–Kier alpha value is -2.95. The number of sulfonamides is 1. The summed E-state index contributed by atoms with van der Waals surface area (Å²) in [4.78, 5) is 6.68. The second kappa shape index (κ2) is 12.9. The Morgan fingerprint density at radius 1 is 0.902 bits per heavy atom. The van der Waals surface area contributed by atoms with E-state index >= 15 is 0 Å². The normalized spacial score (nSPS) is 18.7. The van der Waals surface area contributed by atoms with Crippen molar-refractivity contribution in [3.63, 3.8) is 0 Å². The fourth-order valence-electron chi connectivity index (χ4n) is 5.00. The van der Waals surface area contributed by atoms with Gasteiger partial charge in [0.05, 0.1) is 17.2 Å². The average Bonchev–Trinajstić information content (AvgIpc) is 3.41. The monoisotopic (exact) mass is 612 g/mol. The maximum atomic E-state index is 13.6. The van der Waals surface area contributed by atoms with Gasteiger partial charge in [0.25, 0.3) is 10.0 Å². The lowest BCUT2D eigenvalue weighted by Gasteiger charge is -2.38. The van der Waals surface area contributed by atoms with Crippen LogP contribution in [0.15, 0.2) is 93.3 Å². The van der Waals surface area contributed by atoms with Gasteiger partial charge in [-0.15, -0.1) is 4.40 Å². The van der Waals surface area contributed by atoms with Crippen LogP contribution >= 0.6 is 23.2 Å². The van der Waals surface area contributed by atoms with Gasteiger partial charge in [0.15, 0.2) is 0 Å². The van der Waals surface area contributed by atoms with Gasteiger partial charge in [-0.2, -0.15) is 13.5 Å². The van der Waals surface area contributed by atoms with Crippen LogP contribution in [0.4, 0.5) is 0 Å². The smallest absolute Gasteiger partial charge is 0.285 e. The fourth-order valence-corrected chi connectivity index (χ4v) is 6.26. The number of guanidine groups is 1. The molecule has 2 aliphatic heterocycles. The Kier molecular flexibility index (Phi) is 9.31. The van der Waals surface area contributed by atoms with E-state index in [1.165, 1.54) is 12.1 Å². The van der Waals surface area contributed by atoms with Crippen LogP contribution in [0.3, 0.4) is 0 Å². The molecule has 3 aromatic rings. The van der Waals surface area contributed by atoms with Crippen molar-refractivity contribution in [1.82, 2.24) is 19.7 Å². The van der Waals surface area contributed by atoms with Gasteiger partial charge in [-0.05, 0) is 61.6 Å². The summed E-state index contributed by atoms with van der Waals surface area (Å²) in [6.45, 7) is 5.26. The molecule has 8 nitrogen and oxygen atoms in total. The molecule has 1 fully saturated rings. The minimum atomic E-state index is -4.03. The van der Waals surface area contributed by atoms with Gasteiger partial charge in [-0.3, -0.25) is 4.90 Å². The first-order valence-corrected chi connectivity index (χ1v) is 15.8. The lowest BCUT2D eigenvalue weighted by atomic mass is 9.91. The number of hydrazone groups is 1. The number of piperazine rings is 1. The zero-order chi connectivity index (χ0) is 29.0. The largest absolute Gasteiger partial charge is 0.338 e. The first-order chi connectivity index (χ1) is 19.7. The number of rotatable bonds is 7. The highest BCUT2D eigenvalue weighted by atomic mass is 35.5. The zero-order valence-corrected chi connectivity index (χ0v) is 25.5. The zero-order valence-electron chi connectivity index (χ0n) is 23.2. The summed E-state index contributed by atoms with van der Waals surface area (Å²) >= 11 is 12.2. The number of nitrogens with zero attached hydrogens (tertiary/aromatic N) is 6. The highest BCUT2D eigenvalue weighted by Gasteiger charge is 2.35. The topological polar surface area (TPSA) is 71.8 Å². The van der Waals surface area contributed by atoms with Crippen molar-refractivity contribution < 1.29 is 8.42 Å². The lowest BCUT2D eigenvalue weighted by Crippen LogP contribution is -2.53. The number of halogens is 2. The van der Waals surface area contributed by atoms with Crippen molar-refractivity contribution in [2.45, 2.75) is 10.8 Å². The van der Waals surface area contributed by atoms with Crippen LogP contribution in [-0.2, 0) is 10.0 Å².